The van der Waals surface area contributed by atoms with Crippen molar-refractivity contribution in [1.82, 2.24) is 9.78 Å². The number of sulfonamides is 1. The van der Waals surface area contributed by atoms with E-state index in [1.807, 2.05) is 0 Å². The average Bonchev–Trinajstić information content (AvgIpc) is 3.05. The van der Waals surface area contributed by atoms with E-state index in [1.54, 1.807) is 6.07 Å². The molecular weight excluding hydrogens is 423 g/mol. The molecule has 0 saturated heterocycles. The van der Waals surface area contributed by atoms with E-state index in [4.69, 9.17) is 11.6 Å². The summed E-state index contributed by atoms with van der Waals surface area (Å²) in [5.74, 6) is 0. The Morgan fingerprint density at radius 2 is 2.00 bits per heavy atom. The Kier molecular flexibility index (Phi) is 3.88. The van der Waals surface area contributed by atoms with Gasteiger partial charge in [-0.3, -0.25) is 4.31 Å². The van der Waals surface area contributed by atoms with Gasteiger partial charge in [0.15, 0.2) is 0 Å². The Hall–Kier alpha value is -1.26. The van der Waals surface area contributed by atoms with Gasteiger partial charge in [-0.1, -0.05) is 11.6 Å². The van der Waals surface area contributed by atoms with Crippen LogP contribution in [0, 0.1) is 0 Å². The van der Waals surface area contributed by atoms with Crippen LogP contribution in [0.3, 0.4) is 0 Å². The molecule has 0 saturated carbocycles. The first kappa shape index (κ1) is 16.6. The van der Waals surface area contributed by atoms with Crippen LogP contribution in [0.5, 0.6) is 0 Å². The highest BCUT2D eigenvalue weighted by Gasteiger charge is 2.36. The topological polar surface area (TPSA) is 55.2 Å². The molecule has 1 aliphatic heterocycles. The molecule has 0 N–H and O–H groups in total. The number of hydrogen-bond donors (Lipinski definition) is 0. The molecule has 1 aromatic heterocycles. The Bertz CT molecular complexity index is 882. The monoisotopic (exact) mass is 429 g/mol. The maximum Gasteiger partial charge on any atom is 0.504 e. The number of anilines is 1. The summed E-state index contributed by atoms with van der Waals surface area (Å²) in [6.07, 6.45) is -3.20. The minimum absolute atomic E-state index is 0.127. The lowest BCUT2D eigenvalue weighted by Gasteiger charge is -2.18. The fourth-order valence-electron chi connectivity index (χ4n) is 2.31. The molecule has 124 valence electrons. The van der Waals surface area contributed by atoms with Crippen LogP contribution in [0.25, 0.3) is 0 Å². The largest absolute Gasteiger partial charge is 0.504 e. The Morgan fingerprint density at radius 1 is 1.30 bits per heavy atom. The van der Waals surface area contributed by atoms with Gasteiger partial charge in [0, 0.05) is 11.0 Å². The van der Waals surface area contributed by atoms with E-state index < -0.39 is 21.2 Å². The van der Waals surface area contributed by atoms with Crippen molar-refractivity contribution >= 4 is 43.2 Å². The summed E-state index contributed by atoms with van der Waals surface area (Å²) >= 11 is 9.24. The highest BCUT2D eigenvalue weighted by Crippen LogP contribution is 2.38. The summed E-state index contributed by atoms with van der Waals surface area (Å²) in [6, 6.07) is 3.17. The lowest BCUT2D eigenvalue weighted by atomic mass is 10.2. The summed E-state index contributed by atoms with van der Waals surface area (Å²) in [7, 11) is -4.15. The van der Waals surface area contributed by atoms with Gasteiger partial charge < -0.3 is 0 Å². The quantitative estimate of drug-likeness (QED) is 0.732. The smallest absolute Gasteiger partial charge is 0.266 e. The van der Waals surface area contributed by atoms with Crippen LogP contribution in [0.1, 0.15) is 5.56 Å². The van der Waals surface area contributed by atoms with E-state index in [2.05, 4.69) is 21.0 Å². The molecule has 2 aromatic rings. The minimum Gasteiger partial charge on any atom is -0.266 e. The van der Waals surface area contributed by atoms with E-state index in [9.17, 15) is 21.6 Å². The predicted molar refractivity (Wildman–Crippen MR) is 80.9 cm³/mol. The Labute approximate surface area is 142 Å². The Balaban J connectivity index is 2.03. The highest BCUT2D eigenvalue weighted by atomic mass is 79.9. The lowest BCUT2D eigenvalue weighted by molar-refractivity contribution is -0.212. The van der Waals surface area contributed by atoms with Crippen molar-refractivity contribution in [3.05, 3.63) is 39.6 Å². The number of aromatic nitrogens is 2. The van der Waals surface area contributed by atoms with Crippen molar-refractivity contribution in [1.29, 1.82) is 0 Å². The molecule has 0 spiro atoms. The van der Waals surface area contributed by atoms with Crippen LogP contribution in [0.15, 0.2) is 33.9 Å². The van der Waals surface area contributed by atoms with Gasteiger partial charge in [0.25, 0.3) is 10.0 Å². The van der Waals surface area contributed by atoms with Crippen molar-refractivity contribution < 1.29 is 21.6 Å². The molecular formula is C12H8BrClF3N3O2S. The molecule has 0 radical (unpaired) electrons. The van der Waals surface area contributed by atoms with Gasteiger partial charge in [0.05, 0.1) is 23.1 Å². The fourth-order valence-corrected chi connectivity index (χ4v) is 4.28. The SMILES string of the molecule is O=S(=O)(c1cnn(C(F)(F)F)c1)N1CCc2cc(Br)c(Cl)cc21. The van der Waals surface area contributed by atoms with Gasteiger partial charge in [0.1, 0.15) is 4.90 Å². The molecule has 2 heterocycles. The van der Waals surface area contributed by atoms with Crippen molar-refractivity contribution in [2.45, 2.75) is 17.6 Å². The number of nitrogens with zero attached hydrogens (tertiary/aromatic N) is 3. The molecule has 11 heteroatoms. The Morgan fingerprint density at radius 3 is 2.61 bits per heavy atom. The minimum atomic E-state index is -4.77. The molecule has 0 amide bonds. The van der Waals surface area contributed by atoms with Crippen LogP contribution in [-0.4, -0.2) is 24.7 Å². The third-order valence-corrected chi connectivity index (χ3v) is 6.34. The normalized spacial score (nSPS) is 15.1. The van der Waals surface area contributed by atoms with Gasteiger partial charge in [-0.05, 0) is 40.0 Å². The highest BCUT2D eigenvalue weighted by molar-refractivity contribution is 9.10. The summed E-state index contributed by atoms with van der Waals surface area (Å²) < 4.78 is 64.2. The second kappa shape index (κ2) is 5.38. The van der Waals surface area contributed by atoms with Crippen molar-refractivity contribution in [2.24, 2.45) is 0 Å². The number of rotatable bonds is 2. The first-order chi connectivity index (χ1) is 10.6. The van der Waals surface area contributed by atoms with Gasteiger partial charge in [-0.15, -0.1) is 13.2 Å². The summed E-state index contributed by atoms with van der Waals surface area (Å²) in [5.41, 5.74) is 1.10. The average molecular weight is 431 g/mol. The molecule has 0 aliphatic carbocycles. The van der Waals surface area contributed by atoms with Crippen LogP contribution in [0.2, 0.25) is 5.02 Å². The fraction of sp³-hybridized carbons (Fsp3) is 0.250. The van der Waals surface area contributed by atoms with Gasteiger partial charge in [-0.2, -0.15) is 9.78 Å². The van der Waals surface area contributed by atoms with Crippen molar-refractivity contribution in [2.75, 3.05) is 10.8 Å². The molecule has 1 aromatic carbocycles. The van der Waals surface area contributed by atoms with Crippen LogP contribution < -0.4 is 4.31 Å². The van der Waals surface area contributed by atoms with E-state index in [1.165, 1.54) is 6.07 Å². The number of alkyl halides is 3. The molecule has 0 fully saturated rings. The number of halogens is 5. The van der Waals surface area contributed by atoms with Crippen LogP contribution in [0.4, 0.5) is 18.9 Å². The van der Waals surface area contributed by atoms with Gasteiger partial charge >= 0.3 is 6.30 Å². The van der Waals surface area contributed by atoms with Crippen molar-refractivity contribution in [3.63, 3.8) is 0 Å². The van der Waals surface area contributed by atoms with Crippen molar-refractivity contribution in [3.8, 4) is 0 Å². The molecule has 0 unspecified atom stereocenters. The van der Waals surface area contributed by atoms with E-state index in [0.29, 0.717) is 34.0 Å². The zero-order chi connectivity index (χ0) is 17.0. The number of benzene rings is 1. The molecule has 23 heavy (non-hydrogen) atoms. The molecule has 1 aliphatic rings. The first-order valence-corrected chi connectivity index (χ1v) is 8.84. The van der Waals surface area contributed by atoms with E-state index >= 15 is 0 Å². The number of fused-ring (bicyclic) bond motifs is 1. The molecule has 3 rings (SSSR count). The van der Waals surface area contributed by atoms with Gasteiger partial charge in [-0.25, -0.2) is 8.42 Å². The zero-order valence-corrected chi connectivity index (χ0v) is 14.3. The third kappa shape index (κ3) is 2.83. The summed E-state index contributed by atoms with van der Waals surface area (Å²) in [5, 5.41) is 3.38. The summed E-state index contributed by atoms with van der Waals surface area (Å²) in [4.78, 5) is -0.526. The molecule has 5 nitrogen and oxygen atoms in total. The lowest BCUT2D eigenvalue weighted by Crippen LogP contribution is -2.29. The third-order valence-electron chi connectivity index (χ3n) is 3.38. The first-order valence-electron chi connectivity index (χ1n) is 6.23. The maximum atomic E-state index is 12.6. The van der Waals surface area contributed by atoms with E-state index in [0.717, 1.165) is 9.87 Å². The molecule has 0 bridgehead atoms. The second-order valence-corrected chi connectivity index (χ2v) is 7.93. The van der Waals surface area contributed by atoms with Crippen LogP contribution >= 0.6 is 27.5 Å². The molecule has 0 atom stereocenters. The van der Waals surface area contributed by atoms with Crippen LogP contribution in [-0.2, 0) is 22.7 Å². The standard InChI is InChI=1S/C12H8BrClF3N3O2S/c13-9-3-7-1-2-19(11(7)4-10(9)14)23(21,22)8-5-18-20(6-8)12(15,16)17/h3-6H,1-2H2. The second-order valence-electron chi connectivity index (χ2n) is 4.81. The maximum absolute atomic E-state index is 12.6. The van der Waals surface area contributed by atoms with E-state index in [-0.39, 0.29) is 11.2 Å². The predicted octanol–water partition coefficient (Wildman–Crippen LogP) is 3.53. The summed E-state index contributed by atoms with van der Waals surface area (Å²) in [6.45, 7) is 0.127. The van der Waals surface area contributed by atoms with Gasteiger partial charge in [0.2, 0.25) is 0 Å². The zero-order valence-electron chi connectivity index (χ0n) is 11.2. The number of hydrogen-bond acceptors (Lipinski definition) is 3.